The number of rotatable bonds is 3. The molecular formula is C19H20N3O+. The molecular weight excluding hydrogens is 286 g/mol. The van der Waals surface area contributed by atoms with Gasteiger partial charge in [-0.3, -0.25) is 4.79 Å². The van der Waals surface area contributed by atoms with E-state index in [4.69, 9.17) is 5.26 Å². The van der Waals surface area contributed by atoms with Crippen molar-refractivity contribution in [3.63, 3.8) is 0 Å². The average Bonchev–Trinajstić information content (AvgIpc) is 2.61. The topological polar surface area (TPSA) is 56.8 Å². The zero-order chi connectivity index (χ0) is 16.2. The first kappa shape index (κ1) is 15.2. The Kier molecular flexibility index (Phi) is 4.38. The Morgan fingerprint density at radius 2 is 1.87 bits per heavy atom. The van der Waals surface area contributed by atoms with E-state index in [2.05, 4.69) is 23.6 Å². The summed E-state index contributed by atoms with van der Waals surface area (Å²) >= 11 is 0. The van der Waals surface area contributed by atoms with Crippen LogP contribution in [0.4, 0.5) is 5.69 Å². The van der Waals surface area contributed by atoms with Crippen molar-refractivity contribution >= 4 is 11.6 Å². The molecule has 1 amide bonds. The fourth-order valence-corrected chi connectivity index (χ4v) is 2.94. The van der Waals surface area contributed by atoms with Crippen molar-refractivity contribution in [1.82, 2.24) is 0 Å². The highest BCUT2D eigenvalue weighted by Crippen LogP contribution is 2.19. The molecule has 4 nitrogen and oxygen atoms in total. The molecule has 0 saturated heterocycles. The zero-order valence-electron chi connectivity index (χ0n) is 13.2. The van der Waals surface area contributed by atoms with Crippen LogP contribution < -0.4 is 9.88 Å². The first-order valence-corrected chi connectivity index (χ1v) is 8.01. The van der Waals surface area contributed by atoms with Crippen LogP contribution in [0.15, 0.2) is 42.7 Å². The van der Waals surface area contributed by atoms with Crippen LogP contribution in [0.1, 0.15) is 42.5 Å². The van der Waals surface area contributed by atoms with Crippen LogP contribution in [0, 0.1) is 11.3 Å². The Morgan fingerprint density at radius 1 is 1.17 bits per heavy atom. The number of nitriles is 1. The molecule has 2 aromatic rings. The Balaban J connectivity index is 1.72. The minimum absolute atomic E-state index is 0.0598. The second-order valence-electron chi connectivity index (χ2n) is 6.00. The SMILES string of the molecule is C[C@H](C(=O)Nc1ccc(C#N)cc1)[n+]1ccc2c(c1)CCCC2. The molecule has 1 atom stereocenters. The van der Waals surface area contributed by atoms with Crippen LogP contribution in [-0.2, 0) is 17.6 Å². The van der Waals surface area contributed by atoms with Gasteiger partial charge in [-0.25, -0.2) is 0 Å². The first-order chi connectivity index (χ1) is 11.2. The molecule has 23 heavy (non-hydrogen) atoms. The van der Waals surface area contributed by atoms with E-state index < -0.39 is 0 Å². The standard InChI is InChI=1S/C19H19N3O/c1-14(19(23)21-18-8-6-15(12-20)7-9-18)22-11-10-16-4-2-3-5-17(16)13-22/h6-11,13-14H,2-5H2,1H3/p+1/t14-/m1/s1. The van der Waals surface area contributed by atoms with Gasteiger partial charge in [-0.1, -0.05) is 0 Å². The van der Waals surface area contributed by atoms with Gasteiger partial charge >= 0.3 is 0 Å². The van der Waals surface area contributed by atoms with Crippen molar-refractivity contribution in [2.45, 2.75) is 38.6 Å². The lowest BCUT2D eigenvalue weighted by molar-refractivity contribution is -0.706. The predicted molar refractivity (Wildman–Crippen MR) is 87.8 cm³/mol. The van der Waals surface area contributed by atoms with Gasteiger partial charge in [0.25, 0.3) is 5.91 Å². The van der Waals surface area contributed by atoms with Gasteiger partial charge in [-0.15, -0.1) is 0 Å². The largest absolute Gasteiger partial charge is 0.320 e. The van der Waals surface area contributed by atoms with Crippen molar-refractivity contribution < 1.29 is 9.36 Å². The molecule has 0 spiro atoms. The van der Waals surface area contributed by atoms with Crippen LogP contribution in [0.25, 0.3) is 0 Å². The van der Waals surface area contributed by atoms with Crippen LogP contribution in [0.3, 0.4) is 0 Å². The lowest BCUT2D eigenvalue weighted by Crippen LogP contribution is -2.44. The van der Waals surface area contributed by atoms with Crippen molar-refractivity contribution in [2.24, 2.45) is 0 Å². The Morgan fingerprint density at radius 3 is 2.57 bits per heavy atom. The van der Waals surface area contributed by atoms with E-state index in [9.17, 15) is 4.79 Å². The Labute approximate surface area is 136 Å². The number of aryl methyl sites for hydroxylation is 2. The van der Waals surface area contributed by atoms with Gasteiger partial charge in [-0.2, -0.15) is 9.83 Å². The van der Waals surface area contributed by atoms with E-state index in [-0.39, 0.29) is 11.9 Å². The number of carbonyl (C=O) groups is 1. The summed E-state index contributed by atoms with van der Waals surface area (Å²) in [6.45, 7) is 1.90. The van der Waals surface area contributed by atoms with Crippen LogP contribution in [-0.4, -0.2) is 5.91 Å². The Hall–Kier alpha value is -2.67. The summed E-state index contributed by atoms with van der Waals surface area (Å²) in [7, 11) is 0. The number of anilines is 1. The van der Waals surface area contributed by atoms with E-state index >= 15 is 0 Å². The minimum atomic E-state index is -0.280. The fraction of sp³-hybridized carbons (Fsp3) is 0.316. The van der Waals surface area contributed by atoms with E-state index in [1.54, 1.807) is 24.3 Å². The third-order valence-corrected chi connectivity index (χ3v) is 4.42. The summed E-state index contributed by atoms with van der Waals surface area (Å²) in [6.07, 6.45) is 8.82. The van der Waals surface area contributed by atoms with Crippen LogP contribution >= 0.6 is 0 Å². The zero-order valence-corrected chi connectivity index (χ0v) is 13.2. The molecule has 0 bridgehead atoms. The molecule has 1 aliphatic carbocycles. The molecule has 1 aromatic carbocycles. The number of benzene rings is 1. The molecule has 0 fully saturated rings. The van der Waals surface area contributed by atoms with Gasteiger partial charge in [-0.05, 0) is 55.5 Å². The summed E-state index contributed by atoms with van der Waals surface area (Å²) in [6, 6.07) is 10.8. The number of hydrogen-bond acceptors (Lipinski definition) is 2. The molecule has 116 valence electrons. The number of amides is 1. The summed E-state index contributed by atoms with van der Waals surface area (Å²) in [4.78, 5) is 12.4. The lowest BCUT2D eigenvalue weighted by atomic mass is 9.93. The molecule has 4 heteroatoms. The second kappa shape index (κ2) is 6.62. The fourth-order valence-electron chi connectivity index (χ4n) is 2.94. The minimum Gasteiger partial charge on any atom is -0.320 e. The number of aromatic nitrogens is 1. The molecule has 0 unspecified atom stereocenters. The monoisotopic (exact) mass is 306 g/mol. The van der Waals surface area contributed by atoms with E-state index in [1.807, 2.05) is 17.7 Å². The number of carbonyl (C=O) groups excluding carboxylic acids is 1. The van der Waals surface area contributed by atoms with Crippen LogP contribution in [0.2, 0.25) is 0 Å². The maximum absolute atomic E-state index is 12.4. The van der Waals surface area contributed by atoms with E-state index in [0.717, 1.165) is 12.8 Å². The van der Waals surface area contributed by atoms with Gasteiger partial charge in [0.05, 0.1) is 11.6 Å². The molecule has 1 heterocycles. The molecule has 0 saturated carbocycles. The van der Waals surface area contributed by atoms with Crippen molar-refractivity contribution in [3.8, 4) is 6.07 Å². The smallest absolute Gasteiger partial charge is 0.293 e. The normalized spacial score (nSPS) is 14.4. The number of nitrogens with one attached hydrogen (secondary N) is 1. The highest BCUT2D eigenvalue weighted by atomic mass is 16.2. The van der Waals surface area contributed by atoms with Crippen molar-refractivity contribution in [3.05, 3.63) is 59.4 Å². The van der Waals surface area contributed by atoms with E-state index in [1.165, 1.54) is 24.0 Å². The Bertz CT molecular complexity index is 759. The maximum atomic E-state index is 12.4. The third-order valence-electron chi connectivity index (χ3n) is 4.42. The summed E-state index contributed by atoms with van der Waals surface area (Å²) in [5, 5.41) is 11.7. The second-order valence-corrected chi connectivity index (χ2v) is 6.00. The van der Waals surface area contributed by atoms with Gasteiger partial charge in [0.15, 0.2) is 12.4 Å². The quantitative estimate of drug-likeness (QED) is 0.886. The highest BCUT2D eigenvalue weighted by Gasteiger charge is 2.24. The molecule has 3 rings (SSSR count). The molecule has 1 N–H and O–H groups in total. The summed E-state index contributed by atoms with van der Waals surface area (Å²) in [5.74, 6) is -0.0598. The maximum Gasteiger partial charge on any atom is 0.293 e. The van der Waals surface area contributed by atoms with Crippen molar-refractivity contribution in [2.75, 3.05) is 5.32 Å². The molecule has 0 radical (unpaired) electrons. The average molecular weight is 306 g/mol. The van der Waals surface area contributed by atoms with Gasteiger partial charge in [0, 0.05) is 24.2 Å². The third kappa shape index (κ3) is 3.40. The molecule has 1 aromatic heterocycles. The number of hydrogen-bond donors (Lipinski definition) is 1. The van der Waals surface area contributed by atoms with E-state index in [0.29, 0.717) is 11.3 Å². The van der Waals surface area contributed by atoms with Gasteiger partial charge < -0.3 is 5.32 Å². The first-order valence-electron chi connectivity index (χ1n) is 8.01. The number of nitrogens with zero attached hydrogens (tertiary/aromatic N) is 2. The van der Waals surface area contributed by atoms with Crippen LogP contribution in [0.5, 0.6) is 0 Å². The highest BCUT2D eigenvalue weighted by molar-refractivity contribution is 5.92. The summed E-state index contributed by atoms with van der Waals surface area (Å²) < 4.78 is 1.98. The number of pyridine rings is 1. The summed E-state index contributed by atoms with van der Waals surface area (Å²) in [5.41, 5.74) is 4.06. The lowest BCUT2D eigenvalue weighted by Gasteiger charge is -2.15. The molecule has 0 aliphatic heterocycles. The van der Waals surface area contributed by atoms with Gasteiger partial charge in [0.1, 0.15) is 0 Å². The van der Waals surface area contributed by atoms with Gasteiger partial charge in [0.2, 0.25) is 6.04 Å². The predicted octanol–water partition coefficient (Wildman–Crippen LogP) is 2.92. The molecule has 1 aliphatic rings. The number of fused-ring (bicyclic) bond motifs is 1. The van der Waals surface area contributed by atoms with Crippen molar-refractivity contribution in [1.29, 1.82) is 5.26 Å².